The molecule has 4 rings (SSSR count). The van der Waals surface area contributed by atoms with E-state index in [1.54, 1.807) is 0 Å². The van der Waals surface area contributed by atoms with Crippen LogP contribution in [-0.2, 0) is 9.59 Å². The van der Waals surface area contributed by atoms with Gasteiger partial charge in [-0.3, -0.25) is 9.59 Å². The minimum absolute atomic E-state index is 0.105. The van der Waals surface area contributed by atoms with Crippen molar-refractivity contribution in [3.8, 4) is 0 Å². The molecular weight excluding hydrogens is 416 g/mol. The van der Waals surface area contributed by atoms with Crippen molar-refractivity contribution in [1.82, 2.24) is 5.32 Å². The summed E-state index contributed by atoms with van der Waals surface area (Å²) in [6.07, 6.45) is 0. The molecule has 0 radical (unpaired) electrons. The Balaban J connectivity index is 1.31. The highest BCUT2D eigenvalue weighted by molar-refractivity contribution is 8.00. The molecular formula is C27H24N2O2S. The second-order valence-corrected chi connectivity index (χ2v) is 8.41. The largest absolute Gasteiger partial charge is 0.344 e. The van der Waals surface area contributed by atoms with Crippen LogP contribution in [0.25, 0.3) is 10.8 Å². The summed E-state index contributed by atoms with van der Waals surface area (Å²) in [6.45, 7) is 0. The monoisotopic (exact) mass is 440 g/mol. The Morgan fingerprint density at radius 3 is 1.88 bits per heavy atom. The molecule has 5 heteroatoms. The third kappa shape index (κ3) is 5.77. The molecule has 0 aliphatic heterocycles. The third-order valence-corrected chi connectivity index (χ3v) is 6.00. The fourth-order valence-corrected chi connectivity index (χ4v) is 4.18. The van der Waals surface area contributed by atoms with Gasteiger partial charge >= 0.3 is 0 Å². The van der Waals surface area contributed by atoms with Gasteiger partial charge in [-0.25, -0.2) is 0 Å². The van der Waals surface area contributed by atoms with E-state index in [0.717, 1.165) is 27.6 Å². The van der Waals surface area contributed by atoms with Gasteiger partial charge in [-0.15, -0.1) is 11.8 Å². The fraction of sp³-hybridized carbons (Fsp3) is 0.111. The minimum Gasteiger partial charge on any atom is -0.344 e. The molecule has 0 heterocycles. The number of benzene rings is 4. The number of carbonyl (C=O) groups excluding carboxylic acids is 2. The summed E-state index contributed by atoms with van der Waals surface area (Å²) < 4.78 is 0. The highest BCUT2D eigenvalue weighted by Crippen LogP contribution is 2.22. The lowest BCUT2D eigenvalue weighted by Gasteiger charge is -2.20. The summed E-state index contributed by atoms with van der Waals surface area (Å²) in [5, 5.41) is 8.21. The predicted octanol–water partition coefficient (Wildman–Crippen LogP) is 5.42. The number of amides is 2. The van der Waals surface area contributed by atoms with Gasteiger partial charge in [0.05, 0.1) is 17.5 Å². The molecule has 0 spiro atoms. The van der Waals surface area contributed by atoms with E-state index in [-0.39, 0.29) is 29.4 Å². The Bertz CT molecular complexity index is 1160. The number of rotatable bonds is 8. The summed E-state index contributed by atoms with van der Waals surface area (Å²) in [6, 6.07) is 33.4. The van der Waals surface area contributed by atoms with E-state index in [1.165, 1.54) is 11.8 Å². The number of hydrogen-bond acceptors (Lipinski definition) is 3. The van der Waals surface area contributed by atoms with Crippen LogP contribution < -0.4 is 10.6 Å². The molecule has 0 aliphatic carbocycles. The quantitative estimate of drug-likeness (QED) is 0.385. The molecule has 0 bridgehead atoms. The Morgan fingerprint density at radius 2 is 1.22 bits per heavy atom. The lowest BCUT2D eigenvalue weighted by atomic mass is 9.99. The average molecular weight is 441 g/mol. The lowest BCUT2D eigenvalue weighted by Crippen LogP contribution is -2.31. The van der Waals surface area contributed by atoms with Crippen molar-refractivity contribution in [2.24, 2.45) is 0 Å². The first-order valence-electron chi connectivity index (χ1n) is 10.4. The molecule has 4 nitrogen and oxygen atoms in total. The molecule has 0 aromatic heterocycles. The highest BCUT2D eigenvalue weighted by atomic mass is 32.2. The number of fused-ring (bicyclic) bond motifs is 1. The summed E-state index contributed by atoms with van der Waals surface area (Å²) in [5.41, 5.74) is 2.80. The standard InChI is InChI=1S/C27H24N2O2S/c30-25(28-24-16-15-20-9-7-8-14-23(20)17-24)18-32-19-26(31)29-27(21-10-3-1-4-11-21)22-12-5-2-6-13-22/h1-17,27H,18-19H2,(H,28,30)(H,29,31). The molecule has 0 saturated heterocycles. The van der Waals surface area contributed by atoms with Crippen LogP contribution in [0.15, 0.2) is 103 Å². The van der Waals surface area contributed by atoms with Crippen LogP contribution in [0.4, 0.5) is 5.69 Å². The lowest BCUT2D eigenvalue weighted by molar-refractivity contribution is -0.119. The van der Waals surface area contributed by atoms with Gasteiger partial charge in [-0.1, -0.05) is 91.0 Å². The second kappa shape index (κ2) is 10.6. The molecule has 0 fully saturated rings. The molecule has 0 saturated carbocycles. The van der Waals surface area contributed by atoms with Crippen molar-refractivity contribution in [3.05, 3.63) is 114 Å². The van der Waals surface area contributed by atoms with Crippen molar-refractivity contribution in [1.29, 1.82) is 0 Å². The van der Waals surface area contributed by atoms with Crippen LogP contribution >= 0.6 is 11.8 Å². The Kier molecular flexibility index (Phi) is 7.20. The molecule has 160 valence electrons. The molecule has 2 N–H and O–H groups in total. The van der Waals surface area contributed by atoms with Gasteiger partial charge in [0.2, 0.25) is 11.8 Å². The van der Waals surface area contributed by atoms with E-state index in [1.807, 2.05) is 103 Å². The average Bonchev–Trinajstić information content (AvgIpc) is 2.83. The molecule has 4 aromatic carbocycles. The van der Waals surface area contributed by atoms with Crippen LogP contribution in [0.5, 0.6) is 0 Å². The van der Waals surface area contributed by atoms with Crippen molar-refractivity contribution in [3.63, 3.8) is 0 Å². The van der Waals surface area contributed by atoms with Gasteiger partial charge in [0.1, 0.15) is 0 Å². The molecule has 0 unspecified atom stereocenters. The molecule has 0 aliphatic rings. The third-order valence-electron chi connectivity index (χ3n) is 5.07. The zero-order valence-corrected chi connectivity index (χ0v) is 18.3. The number of nitrogens with one attached hydrogen (secondary N) is 2. The van der Waals surface area contributed by atoms with Crippen molar-refractivity contribution in [2.45, 2.75) is 6.04 Å². The molecule has 2 amide bonds. The van der Waals surface area contributed by atoms with E-state index >= 15 is 0 Å². The maximum absolute atomic E-state index is 12.6. The SMILES string of the molecule is O=C(CSCC(=O)NC(c1ccccc1)c1ccccc1)Nc1ccc2ccccc2c1. The van der Waals surface area contributed by atoms with Crippen LogP contribution in [0.1, 0.15) is 17.2 Å². The van der Waals surface area contributed by atoms with Crippen molar-refractivity contribution < 1.29 is 9.59 Å². The number of anilines is 1. The van der Waals surface area contributed by atoms with Crippen molar-refractivity contribution in [2.75, 3.05) is 16.8 Å². The van der Waals surface area contributed by atoms with Crippen LogP contribution in [0.2, 0.25) is 0 Å². The second-order valence-electron chi connectivity index (χ2n) is 7.42. The number of carbonyl (C=O) groups is 2. The first-order chi connectivity index (χ1) is 15.7. The fourth-order valence-electron chi connectivity index (χ4n) is 3.55. The maximum atomic E-state index is 12.6. The number of thioether (sulfide) groups is 1. The van der Waals surface area contributed by atoms with Gasteiger partial charge in [-0.05, 0) is 34.0 Å². The Hall–Kier alpha value is -3.57. The van der Waals surface area contributed by atoms with Gasteiger partial charge in [-0.2, -0.15) is 0 Å². The smallest absolute Gasteiger partial charge is 0.234 e. The first-order valence-corrected chi connectivity index (χ1v) is 11.6. The molecule has 32 heavy (non-hydrogen) atoms. The minimum atomic E-state index is -0.225. The van der Waals surface area contributed by atoms with Crippen LogP contribution in [-0.4, -0.2) is 23.3 Å². The Labute approximate surface area is 192 Å². The molecule has 4 aromatic rings. The van der Waals surface area contributed by atoms with Crippen molar-refractivity contribution >= 4 is 40.0 Å². The first kappa shape index (κ1) is 21.7. The van der Waals surface area contributed by atoms with Gasteiger partial charge in [0, 0.05) is 5.69 Å². The number of hydrogen-bond donors (Lipinski definition) is 2. The summed E-state index contributed by atoms with van der Waals surface area (Å²) in [4.78, 5) is 25.0. The summed E-state index contributed by atoms with van der Waals surface area (Å²) in [5.74, 6) is 0.190. The Morgan fingerprint density at radius 1 is 0.656 bits per heavy atom. The van der Waals surface area contributed by atoms with E-state index in [4.69, 9.17) is 0 Å². The van der Waals surface area contributed by atoms with E-state index in [9.17, 15) is 9.59 Å². The van der Waals surface area contributed by atoms with E-state index in [0.29, 0.717) is 0 Å². The van der Waals surface area contributed by atoms with Crippen LogP contribution in [0, 0.1) is 0 Å². The van der Waals surface area contributed by atoms with Gasteiger partial charge < -0.3 is 10.6 Å². The van der Waals surface area contributed by atoms with Crippen LogP contribution in [0.3, 0.4) is 0 Å². The zero-order chi connectivity index (χ0) is 22.2. The molecule has 0 atom stereocenters. The van der Waals surface area contributed by atoms with Gasteiger partial charge in [0.15, 0.2) is 0 Å². The van der Waals surface area contributed by atoms with E-state index < -0.39 is 0 Å². The predicted molar refractivity (Wildman–Crippen MR) is 133 cm³/mol. The zero-order valence-electron chi connectivity index (χ0n) is 17.5. The normalized spacial score (nSPS) is 10.8. The highest BCUT2D eigenvalue weighted by Gasteiger charge is 2.16. The summed E-state index contributed by atoms with van der Waals surface area (Å²) >= 11 is 1.30. The maximum Gasteiger partial charge on any atom is 0.234 e. The topological polar surface area (TPSA) is 58.2 Å². The summed E-state index contributed by atoms with van der Waals surface area (Å²) in [7, 11) is 0. The van der Waals surface area contributed by atoms with E-state index in [2.05, 4.69) is 10.6 Å². The van der Waals surface area contributed by atoms with Gasteiger partial charge in [0.25, 0.3) is 0 Å².